The first-order chi connectivity index (χ1) is 10.1. The first kappa shape index (κ1) is 16.2. The maximum Gasteiger partial charge on any atom is 0.251 e. The second kappa shape index (κ2) is 7.75. The molecule has 1 aromatic heterocycles. The second-order valence-electron chi connectivity index (χ2n) is 5.50. The fourth-order valence-electron chi connectivity index (χ4n) is 2.67. The number of piperidine rings is 1. The molecule has 21 heavy (non-hydrogen) atoms. The molecule has 1 fully saturated rings. The first-order valence-corrected chi connectivity index (χ1v) is 8.25. The number of nitrogens with zero attached hydrogens (tertiary/aromatic N) is 2. The van der Waals surface area contributed by atoms with Crippen LogP contribution < -0.4 is 10.9 Å². The Bertz CT molecular complexity index is 536. The number of aromatic nitrogens is 1. The predicted octanol–water partition coefficient (Wildman–Crippen LogP) is 1.60. The van der Waals surface area contributed by atoms with E-state index in [2.05, 4.69) is 33.1 Å². The summed E-state index contributed by atoms with van der Waals surface area (Å²) in [5, 5.41) is 3.04. The lowest BCUT2D eigenvalue weighted by molar-refractivity contribution is -0.122. The van der Waals surface area contributed by atoms with Crippen molar-refractivity contribution in [1.82, 2.24) is 14.8 Å². The quantitative estimate of drug-likeness (QED) is 0.872. The Kier molecular flexibility index (Phi) is 5.99. The van der Waals surface area contributed by atoms with E-state index in [1.54, 1.807) is 12.3 Å². The van der Waals surface area contributed by atoms with Crippen molar-refractivity contribution in [3.63, 3.8) is 0 Å². The number of halogens is 1. The van der Waals surface area contributed by atoms with Crippen LogP contribution in [-0.4, -0.2) is 41.1 Å². The van der Waals surface area contributed by atoms with E-state index in [0.717, 1.165) is 36.9 Å². The van der Waals surface area contributed by atoms with Crippen LogP contribution in [0.15, 0.2) is 27.6 Å². The van der Waals surface area contributed by atoms with Crippen molar-refractivity contribution >= 4 is 21.8 Å². The van der Waals surface area contributed by atoms with Crippen LogP contribution in [0.25, 0.3) is 0 Å². The van der Waals surface area contributed by atoms with E-state index >= 15 is 0 Å². The van der Waals surface area contributed by atoms with Gasteiger partial charge in [0.25, 0.3) is 5.56 Å². The summed E-state index contributed by atoms with van der Waals surface area (Å²) in [4.78, 5) is 26.2. The number of hydrogen-bond donors (Lipinski definition) is 1. The lowest BCUT2D eigenvalue weighted by Gasteiger charge is -2.32. The molecule has 0 aromatic carbocycles. The van der Waals surface area contributed by atoms with E-state index in [1.165, 1.54) is 17.1 Å². The molecule has 1 aliphatic rings. The Morgan fingerprint density at radius 2 is 2.10 bits per heavy atom. The first-order valence-electron chi connectivity index (χ1n) is 7.46. The summed E-state index contributed by atoms with van der Waals surface area (Å²) in [6, 6.07) is 3.37. The van der Waals surface area contributed by atoms with Gasteiger partial charge in [-0.25, -0.2) is 0 Å². The van der Waals surface area contributed by atoms with Crippen molar-refractivity contribution in [3.8, 4) is 0 Å². The van der Waals surface area contributed by atoms with Crippen LogP contribution in [0.5, 0.6) is 0 Å². The number of amides is 1. The molecule has 116 valence electrons. The van der Waals surface area contributed by atoms with Gasteiger partial charge < -0.3 is 14.8 Å². The van der Waals surface area contributed by atoms with Crippen molar-refractivity contribution in [2.45, 2.75) is 38.8 Å². The highest BCUT2D eigenvalue weighted by molar-refractivity contribution is 9.10. The third-order valence-corrected chi connectivity index (χ3v) is 4.22. The Hall–Kier alpha value is -1.14. The fraction of sp³-hybridized carbons (Fsp3) is 0.600. The Morgan fingerprint density at radius 3 is 2.76 bits per heavy atom. The lowest BCUT2D eigenvalue weighted by Crippen LogP contribution is -2.46. The third kappa shape index (κ3) is 4.97. The molecule has 1 amide bonds. The van der Waals surface area contributed by atoms with Gasteiger partial charge in [0.15, 0.2) is 0 Å². The molecule has 0 unspecified atom stereocenters. The molecule has 1 N–H and O–H groups in total. The highest BCUT2D eigenvalue weighted by Crippen LogP contribution is 2.10. The molecule has 0 aliphatic carbocycles. The molecule has 2 heterocycles. The molecular formula is C15H22BrN3O2. The SMILES string of the molecule is CCCN1CCC(NC(=O)Cn2cc(Br)ccc2=O)CC1. The van der Waals surface area contributed by atoms with Crippen LogP contribution in [0.4, 0.5) is 0 Å². The van der Waals surface area contributed by atoms with Gasteiger partial charge in [0.1, 0.15) is 6.54 Å². The normalized spacial score (nSPS) is 16.9. The smallest absolute Gasteiger partial charge is 0.251 e. The highest BCUT2D eigenvalue weighted by Gasteiger charge is 2.20. The average Bonchev–Trinajstić information content (AvgIpc) is 2.45. The van der Waals surface area contributed by atoms with Crippen molar-refractivity contribution in [2.24, 2.45) is 0 Å². The van der Waals surface area contributed by atoms with Crippen molar-refractivity contribution in [3.05, 3.63) is 33.2 Å². The monoisotopic (exact) mass is 355 g/mol. The summed E-state index contributed by atoms with van der Waals surface area (Å²) in [6.07, 6.45) is 4.78. The number of pyridine rings is 1. The van der Waals surface area contributed by atoms with Gasteiger partial charge >= 0.3 is 0 Å². The largest absolute Gasteiger partial charge is 0.352 e. The van der Waals surface area contributed by atoms with Gasteiger partial charge in [-0.15, -0.1) is 0 Å². The summed E-state index contributed by atoms with van der Waals surface area (Å²) in [5.41, 5.74) is -0.161. The molecule has 0 atom stereocenters. The average molecular weight is 356 g/mol. The minimum Gasteiger partial charge on any atom is -0.352 e. The van der Waals surface area contributed by atoms with E-state index in [9.17, 15) is 9.59 Å². The van der Waals surface area contributed by atoms with Gasteiger partial charge in [-0.2, -0.15) is 0 Å². The number of carbonyl (C=O) groups excluding carboxylic acids is 1. The van der Waals surface area contributed by atoms with Crippen molar-refractivity contribution in [1.29, 1.82) is 0 Å². The van der Waals surface area contributed by atoms with Gasteiger partial charge in [-0.1, -0.05) is 6.92 Å². The molecule has 0 radical (unpaired) electrons. The zero-order chi connectivity index (χ0) is 15.2. The molecule has 1 aromatic rings. The Balaban J connectivity index is 1.83. The fourth-order valence-corrected chi connectivity index (χ4v) is 3.05. The molecule has 0 saturated carbocycles. The van der Waals surface area contributed by atoms with E-state index < -0.39 is 0 Å². The van der Waals surface area contributed by atoms with Crippen LogP contribution in [-0.2, 0) is 11.3 Å². The lowest BCUT2D eigenvalue weighted by atomic mass is 10.0. The van der Waals surface area contributed by atoms with Crippen LogP contribution >= 0.6 is 15.9 Å². The molecule has 0 bridgehead atoms. The predicted molar refractivity (Wildman–Crippen MR) is 86.3 cm³/mol. The van der Waals surface area contributed by atoms with Gasteiger partial charge in [0, 0.05) is 35.9 Å². The van der Waals surface area contributed by atoms with Crippen LogP contribution in [0, 0.1) is 0 Å². The molecule has 1 aliphatic heterocycles. The number of nitrogens with one attached hydrogen (secondary N) is 1. The number of hydrogen-bond acceptors (Lipinski definition) is 3. The van der Waals surface area contributed by atoms with E-state index in [1.807, 2.05) is 0 Å². The van der Waals surface area contributed by atoms with Crippen LogP contribution in [0.3, 0.4) is 0 Å². The van der Waals surface area contributed by atoms with E-state index in [-0.39, 0.29) is 24.1 Å². The number of carbonyl (C=O) groups is 1. The van der Waals surface area contributed by atoms with Crippen LogP contribution in [0.1, 0.15) is 26.2 Å². The number of rotatable bonds is 5. The van der Waals surface area contributed by atoms with E-state index in [4.69, 9.17) is 0 Å². The number of likely N-dealkylation sites (tertiary alicyclic amines) is 1. The topological polar surface area (TPSA) is 54.3 Å². The highest BCUT2D eigenvalue weighted by atomic mass is 79.9. The van der Waals surface area contributed by atoms with Gasteiger partial charge in [-0.3, -0.25) is 9.59 Å². The van der Waals surface area contributed by atoms with Gasteiger partial charge in [0.05, 0.1) is 0 Å². The second-order valence-corrected chi connectivity index (χ2v) is 6.41. The summed E-state index contributed by atoms with van der Waals surface area (Å²) in [6.45, 7) is 5.47. The van der Waals surface area contributed by atoms with Crippen molar-refractivity contribution in [2.75, 3.05) is 19.6 Å². The molecule has 6 heteroatoms. The zero-order valence-electron chi connectivity index (χ0n) is 12.3. The maximum atomic E-state index is 12.1. The molecule has 5 nitrogen and oxygen atoms in total. The molecule has 1 saturated heterocycles. The molecule has 2 rings (SSSR count). The van der Waals surface area contributed by atoms with Crippen LogP contribution in [0.2, 0.25) is 0 Å². The van der Waals surface area contributed by atoms with Gasteiger partial charge in [-0.05, 0) is 47.8 Å². The Labute approximate surface area is 133 Å². The minimum absolute atomic E-state index is 0.0768. The summed E-state index contributed by atoms with van der Waals surface area (Å²) in [5.74, 6) is -0.0934. The molecular weight excluding hydrogens is 334 g/mol. The summed E-state index contributed by atoms with van der Waals surface area (Å²) < 4.78 is 2.22. The standard InChI is InChI=1S/C15H22BrN3O2/c1-2-7-18-8-5-13(6-9-18)17-14(20)11-19-10-12(16)3-4-15(19)21/h3-4,10,13H,2,5-9,11H2,1H3,(H,17,20). The minimum atomic E-state index is -0.161. The third-order valence-electron chi connectivity index (χ3n) is 3.75. The van der Waals surface area contributed by atoms with E-state index in [0.29, 0.717) is 0 Å². The summed E-state index contributed by atoms with van der Waals surface area (Å²) >= 11 is 3.31. The van der Waals surface area contributed by atoms with Gasteiger partial charge in [0.2, 0.25) is 5.91 Å². The van der Waals surface area contributed by atoms with Crippen molar-refractivity contribution < 1.29 is 4.79 Å². The zero-order valence-corrected chi connectivity index (χ0v) is 13.9. The summed E-state index contributed by atoms with van der Waals surface area (Å²) in [7, 11) is 0. The molecule has 0 spiro atoms. The Morgan fingerprint density at radius 1 is 1.38 bits per heavy atom. The maximum absolute atomic E-state index is 12.1.